The maximum Gasteiger partial charge on any atom is 0.141 e. The molecule has 4 nitrogen and oxygen atoms in total. The van der Waals surface area contributed by atoms with Gasteiger partial charge in [-0.15, -0.1) is 0 Å². The zero-order valence-corrected chi connectivity index (χ0v) is 10.2. The first-order chi connectivity index (χ1) is 7.72. The lowest BCUT2D eigenvalue weighted by Crippen LogP contribution is -2.09. The van der Waals surface area contributed by atoms with Crippen LogP contribution in [0.3, 0.4) is 0 Å². The van der Waals surface area contributed by atoms with Crippen LogP contribution in [0.15, 0.2) is 18.3 Å². The molecule has 0 radical (unpaired) electrons. The molecule has 1 aromatic heterocycles. The highest BCUT2D eigenvalue weighted by Crippen LogP contribution is 2.11. The van der Waals surface area contributed by atoms with Gasteiger partial charge < -0.3 is 10.7 Å². The van der Waals surface area contributed by atoms with Crippen molar-refractivity contribution in [1.29, 1.82) is 0 Å². The summed E-state index contributed by atoms with van der Waals surface area (Å²) in [6, 6.07) is 3.85. The van der Waals surface area contributed by atoms with E-state index in [-0.39, 0.29) is 0 Å². The second-order valence-electron chi connectivity index (χ2n) is 4.39. The van der Waals surface area contributed by atoms with Gasteiger partial charge in [0, 0.05) is 24.5 Å². The Bertz CT molecular complexity index is 299. The number of hydrogen-bond donors (Lipinski definition) is 3. The third kappa shape index (κ3) is 4.98. The monoisotopic (exact) mass is 222 g/mol. The maximum atomic E-state index is 5.29. The number of aromatic nitrogens is 1. The van der Waals surface area contributed by atoms with Crippen molar-refractivity contribution in [2.75, 3.05) is 17.3 Å². The highest BCUT2D eigenvalue weighted by Gasteiger charge is 1.96. The average Bonchev–Trinajstić information content (AvgIpc) is 2.28. The summed E-state index contributed by atoms with van der Waals surface area (Å²) in [6.07, 6.45) is 5.52. The summed E-state index contributed by atoms with van der Waals surface area (Å²) in [4.78, 5) is 4.05. The van der Waals surface area contributed by atoms with E-state index < -0.39 is 0 Å². The van der Waals surface area contributed by atoms with Crippen LogP contribution >= 0.6 is 0 Å². The first kappa shape index (κ1) is 12.8. The van der Waals surface area contributed by atoms with Crippen molar-refractivity contribution in [3.8, 4) is 0 Å². The summed E-state index contributed by atoms with van der Waals surface area (Å²) in [5.41, 5.74) is 3.60. The number of pyridine rings is 1. The minimum atomic E-state index is 0.687. The normalized spacial score (nSPS) is 10.5. The summed E-state index contributed by atoms with van der Waals surface area (Å²) in [5.74, 6) is 6.78. The van der Waals surface area contributed by atoms with Crippen LogP contribution in [-0.4, -0.2) is 11.5 Å². The summed E-state index contributed by atoms with van der Waals surface area (Å²) in [6.45, 7) is 5.52. The number of anilines is 2. The zero-order chi connectivity index (χ0) is 11.8. The Balaban J connectivity index is 2.21. The lowest BCUT2D eigenvalue weighted by atomic mass is 10.1. The summed E-state index contributed by atoms with van der Waals surface area (Å²) < 4.78 is 0. The number of nitrogens with two attached hydrogens (primary N) is 1. The molecule has 0 spiro atoms. The lowest BCUT2D eigenvalue weighted by molar-refractivity contribution is 0.545. The fourth-order valence-corrected chi connectivity index (χ4v) is 1.53. The minimum Gasteiger partial charge on any atom is -0.385 e. The molecule has 0 aromatic carbocycles. The topological polar surface area (TPSA) is 63.0 Å². The Morgan fingerprint density at radius 2 is 2.19 bits per heavy atom. The molecule has 0 atom stereocenters. The molecule has 1 aromatic rings. The van der Waals surface area contributed by atoms with Crippen molar-refractivity contribution in [3.63, 3.8) is 0 Å². The maximum absolute atomic E-state index is 5.29. The molecule has 0 aliphatic heterocycles. The second kappa shape index (κ2) is 7.06. The molecule has 0 aliphatic rings. The number of unbranched alkanes of at least 4 members (excludes halogenated alkanes) is 1. The van der Waals surface area contributed by atoms with Crippen molar-refractivity contribution >= 4 is 11.5 Å². The fourth-order valence-electron chi connectivity index (χ4n) is 1.53. The molecule has 0 saturated carbocycles. The average molecular weight is 222 g/mol. The van der Waals surface area contributed by atoms with E-state index in [2.05, 4.69) is 29.6 Å². The Kier molecular flexibility index (Phi) is 5.64. The van der Waals surface area contributed by atoms with Crippen LogP contribution in [-0.2, 0) is 0 Å². The summed E-state index contributed by atoms with van der Waals surface area (Å²) >= 11 is 0. The van der Waals surface area contributed by atoms with Gasteiger partial charge in [-0.3, -0.25) is 0 Å². The molecular formula is C12H22N4. The minimum absolute atomic E-state index is 0.687. The van der Waals surface area contributed by atoms with E-state index >= 15 is 0 Å². The van der Waals surface area contributed by atoms with Crippen molar-refractivity contribution in [3.05, 3.63) is 18.3 Å². The molecule has 0 unspecified atom stereocenters. The predicted octanol–water partition coefficient (Wildman–Crippen LogP) is 2.61. The van der Waals surface area contributed by atoms with Gasteiger partial charge in [0.05, 0.1) is 0 Å². The van der Waals surface area contributed by atoms with Crippen LogP contribution in [0.2, 0.25) is 0 Å². The SMILES string of the molecule is CC(C)CCCCNc1ccnc(NN)c1. The van der Waals surface area contributed by atoms with E-state index in [4.69, 9.17) is 5.84 Å². The van der Waals surface area contributed by atoms with Gasteiger partial charge in [0.2, 0.25) is 0 Å². The third-order valence-electron chi connectivity index (χ3n) is 2.45. The van der Waals surface area contributed by atoms with Crippen LogP contribution in [0.25, 0.3) is 0 Å². The third-order valence-corrected chi connectivity index (χ3v) is 2.45. The second-order valence-corrected chi connectivity index (χ2v) is 4.39. The highest BCUT2D eigenvalue weighted by atomic mass is 15.2. The molecule has 0 aliphatic carbocycles. The van der Waals surface area contributed by atoms with Crippen LogP contribution in [0.5, 0.6) is 0 Å². The molecule has 90 valence electrons. The van der Waals surface area contributed by atoms with Gasteiger partial charge in [0.25, 0.3) is 0 Å². The number of nitrogens with zero attached hydrogens (tertiary/aromatic N) is 1. The smallest absolute Gasteiger partial charge is 0.141 e. The first-order valence-corrected chi connectivity index (χ1v) is 5.89. The molecule has 0 fully saturated rings. The lowest BCUT2D eigenvalue weighted by Gasteiger charge is -2.08. The van der Waals surface area contributed by atoms with Crippen LogP contribution in [0.4, 0.5) is 11.5 Å². The van der Waals surface area contributed by atoms with E-state index in [1.807, 2.05) is 12.1 Å². The molecule has 1 rings (SSSR count). The van der Waals surface area contributed by atoms with E-state index in [1.165, 1.54) is 19.3 Å². The van der Waals surface area contributed by atoms with Crippen molar-refractivity contribution < 1.29 is 0 Å². The van der Waals surface area contributed by atoms with Crippen molar-refractivity contribution in [2.45, 2.75) is 33.1 Å². The van der Waals surface area contributed by atoms with Crippen molar-refractivity contribution in [1.82, 2.24) is 4.98 Å². The largest absolute Gasteiger partial charge is 0.385 e. The van der Waals surface area contributed by atoms with Crippen LogP contribution in [0, 0.1) is 5.92 Å². The highest BCUT2D eigenvalue weighted by molar-refractivity contribution is 5.51. The molecule has 0 saturated heterocycles. The molecule has 4 N–H and O–H groups in total. The van der Waals surface area contributed by atoms with Gasteiger partial charge in [-0.25, -0.2) is 10.8 Å². The van der Waals surface area contributed by atoms with Gasteiger partial charge in [-0.1, -0.05) is 26.7 Å². The molecule has 16 heavy (non-hydrogen) atoms. The molecule has 1 heterocycles. The number of rotatable bonds is 7. The van der Waals surface area contributed by atoms with E-state index in [1.54, 1.807) is 6.20 Å². The molecule has 0 amide bonds. The van der Waals surface area contributed by atoms with E-state index in [0.29, 0.717) is 5.82 Å². The number of hydrazine groups is 1. The predicted molar refractivity (Wildman–Crippen MR) is 69.2 cm³/mol. The van der Waals surface area contributed by atoms with Gasteiger partial charge >= 0.3 is 0 Å². The van der Waals surface area contributed by atoms with E-state index in [0.717, 1.165) is 18.2 Å². The van der Waals surface area contributed by atoms with Gasteiger partial charge in [-0.2, -0.15) is 0 Å². The zero-order valence-electron chi connectivity index (χ0n) is 10.2. The molecule has 0 bridgehead atoms. The fraction of sp³-hybridized carbons (Fsp3) is 0.583. The van der Waals surface area contributed by atoms with Gasteiger partial charge in [-0.05, 0) is 18.4 Å². The number of hydrogen-bond acceptors (Lipinski definition) is 4. The quantitative estimate of drug-likeness (QED) is 0.377. The molecule has 4 heteroatoms. The van der Waals surface area contributed by atoms with Crippen LogP contribution < -0.4 is 16.6 Å². The Morgan fingerprint density at radius 3 is 2.88 bits per heavy atom. The summed E-state index contributed by atoms with van der Waals surface area (Å²) in [7, 11) is 0. The Morgan fingerprint density at radius 1 is 1.38 bits per heavy atom. The first-order valence-electron chi connectivity index (χ1n) is 5.89. The summed E-state index contributed by atoms with van der Waals surface area (Å²) in [5, 5.41) is 3.36. The Hall–Kier alpha value is -1.29. The Labute approximate surface area is 97.6 Å². The molecular weight excluding hydrogens is 200 g/mol. The number of nitrogen functional groups attached to an aromatic ring is 1. The van der Waals surface area contributed by atoms with Gasteiger partial charge in [0.15, 0.2) is 0 Å². The standard InChI is InChI=1S/C12H22N4/c1-10(2)5-3-4-7-14-11-6-8-15-12(9-11)16-13/h6,8-10H,3-5,7,13H2,1-2H3,(H2,14,15,16). The number of nitrogens with one attached hydrogen (secondary N) is 2. The van der Waals surface area contributed by atoms with Crippen molar-refractivity contribution in [2.24, 2.45) is 11.8 Å². The van der Waals surface area contributed by atoms with Gasteiger partial charge in [0.1, 0.15) is 5.82 Å². The van der Waals surface area contributed by atoms with E-state index in [9.17, 15) is 0 Å². The van der Waals surface area contributed by atoms with Crippen LogP contribution in [0.1, 0.15) is 33.1 Å².